The highest BCUT2D eigenvalue weighted by molar-refractivity contribution is 5.95. The van der Waals surface area contributed by atoms with Gasteiger partial charge in [-0.15, -0.1) is 5.10 Å². The highest BCUT2D eigenvalue weighted by atomic mass is 19.4. The summed E-state index contributed by atoms with van der Waals surface area (Å²) in [4.78, 5) is 20.3. The van der Waals surface area contributed by atoms with Gasteiger partial charge in [0, 0.05) is 17.5 Å². The van der Waals surface area contributed by atoms with E-state index in [-0.39, 0.29) is 23.9 Å². The summed E-state index contributed by atoms with van der Waals surface area (Å²) in [5, 5.41) is 28.3. The number of para-hydroxylation sites is 1. The number of halogens is 3. The summed E-state index contributed by atoms with van der Waals surface area (Å²) in [5.41, 5.74) is 2.51. The van der Waals surface area contributed by atoms with Crippen molar-refractivity contribution in [2.45, 2.75) is 25.2 Å². The number of nitrogens with zero attached hydrogens (tertiary/aromatic N) is 6. The number of pyridine rings is 1. The number of hydrogen-bond acceptors (Lipinski definition) is 8. The highest BCUT2D eigenvalue weighted by Gasteiger charge is 2.57. The van der Waals surface area contributed by atoms with Crippen molar-refractivity contribution in [2.24, 2.45) is 0 Å². The van der Waals surface area contributed by atoms with Gasteiger partial charge in [-0.1, -0.05) is 21.9 Å². The summed E-state index contributed by atoms with van der Waals surface area (Å²) < 4.78 is 47.1. The van der Waals surface area contributed by atoms with Crippen molar-refractivity contribution in [3.63, 3.8) is 0 Å². The third-order valence-electron chi connectivity index (χ3n) is 5.34. The fourth-order valence-corrected chi connectivity index (χ4v) is 3.58. The van der Waals surface area contributed by atoms with E-state index in [1.807, 2.05) is 0 Å². The van der Waals surface area contributed by atoms with Crippen LogP contribution in [0, 0.1) is 0 Å². The first-order valence-corrected chi connectivity index (χ1v) is 10.0. The molecule has 4 rings (SSSR count). The number of anilines is 1. The van der Waals surface area contributed by atoms with Crippen LogP contribution in [-0.2, 0) is 12.1 Å². The number of benzene rings is 1. The maximum atomic E-state index is 13.4. The monoisotopic (exact) mass is 490 g/mol. The Morgan fingerprint density at radius 3 is 2.57 bits per heavy atom. The third-order valence-corrected chi connectivity index (χ3v) is 5.34. The molecule has 4 N–H and O–H groups in total. The van der Waals surface area contributed by atoms with Crippen LogP contribution < -0.4 is 15.0 Å². The molecule has 0 fully saturated rings. The van der Waals surface area contributed by atoms with E-state index in [2.05, 4.69) is 20.3 Å². The molecule has 11 nitrogen and oxygen atoms in total. The lowest BCUT2D eigenvalue weighted by molar-refractivity contribution is -0.614. The molecule has 4 aromatic rings. The number of fused-ring (bicyclic) bond motifs is 1. The average Bonchev–Trinajstić information content (AvgIpc) is 3.25. The number of carbonyl (C=O) groups is 1. The topological polar surface area (TPSA) is 153 Å². The first-order valence-electron chi connectivity index (χ1n) is 10.0. The standard InChI is InChI=1S/C21H18F3N7O4/c1-20(34,21(22,23)24)15-8-3-5-11(31(15)19(32)33)9-30-10-13(28-29-30)16-12-6-4-7-14(35-2)17(12)27-18(25)26-16/h3-8,10,34H,9H2,1-2H3,(H2-,25,26,27,32,33)/p+1. The Hall–Kier alpha value is -4.33. The minimum Gasteiger partial charge on any atom is -0.494 e. The van der Waals surface area contributed by atoms with E-state index in [0.717, 1.165) is 6.07 Å². The lowest BCUT2D eigenvalue weighted by atomic mass is 10.00. The fraction of sp³-hybridized carbons (Fsp3) is 0.238. The van der Waals surface area contributed by atoms with Gasteiger partial charge < -0.3 is 20.7 Å². The maximum Gasteiger partial charge on any atom is 0.600 e. The zero-order valence-electron chi connectivity index (χ0n) is 18.4. The molecule has 0 amide bonds. The summed E-state index contributed by atoms with van der Waals surface area (Å²) in [5.74, 6) is 0.415. The Bertz CT molecular complexity index is 1440. The molecule has 1 unspecified atom stereocenters. The lowest BCUT2D eigenvalue weighted by Gasteiger charge is -2.23. The van der Waals surface area contributed by atoms with Gasteiger partial charge in [0.25, 0.3) is 0 Å². The molecule has 0 aliphatic carbocycles. The number of hydrogen-bond donors (Lipinski definition) is 3. The minimum absolute atomic E-state index is 0.0441. The SMILES string of the molecule is COc1cccc2c(-c3cn(Cc4cccc(C(C)(O)C(F)(F)F)[n+]4C(=O)O)nn3)nc(N)nc12. The first-order chi connectivity index (χ1) is 16.4. The number of methoxy groups -OCH3 is 1. The van der Waals surface area contributed by atoms with E-state index < -0.39 is 23.6 Å². The second kappa shape index (κ2) is 8.47. The molecule has 0 spiro atoms. The number of carboxylic acid groups (broad SMARTS) is 1. The molecule has 0 saturated carbocycles. The largest absolute Gasteiger partial charge is 0.600 e. The number of rotatable bonds is 5. The lowest BCUT2D eigenvalue weighted by Crippen LogP contribution is -2.57. The van der Waals surface area contributed by atoms with E-state index in [0.29, 0.717) is 33.8 Å². The maximum absolute atomic E-state index is 13.4. The van der Waals surface area contributed by atoms with Crippen LogP contribution in [0.5, 0.6) is 5.75 Å². The Labute approximate surface area is 195 Å². The van der Waals surface area contributed by atoms with Crippen molar-refractivity contribution < 1.29 is 37.5 Å². The summed E-state index contributed by atoms with van der Waals surface area (Å²) in [6.07, 6.45) is -5.39. The number of ether oxygens (including phenoxy) is 1. The number of aromatic nitrogens is 6. The van der Waals surface area contributed by atoms with Crippen molar-refractivity contribution in [3.8, 4) is 17.1 Å². The van der Waals surface area contributed by atoms with Crippen LogP contribution in [0.3, 0.4) is 0 Å². The Morgan fingerprint density at radius 2 is 1.91 bits per heavy atom. The molecule has 3 aromatic heterocycles. The molecule has 0 radical (unpaired) electrons. The predicted molar refractivity (Wildman–Crippen MR) is 114 cm³/mol. The van der Waals surface area contributed by atoms with Crippen molar-refractivity contribution in [1.82, 2.24) is 25.0 Å². The molecule has 35 heavy (non-hydrogen) atoms. The van der Waals surface area contributed by atoms with Gasteiger partial charge in [0.05, 0.1) is 13.3 Å². The number of alkyl halides is 3. The molecular formula is C21H19F3N7O4+. The molecule has 0 saturated heterocycles. The van der Waals surface area contributed by atoms with Crippen molar-refractivity contribution in [1.29, 1.82) is 0 Å². The summed E-state index contributed by atoms with van der Waals surface area (Å²) in [6.45, 7) is 0.209. The third kappa shape index (κ3) is 4.19. The van der Waals surface area contributed by atoms with Crippen LogP contribution in [0.2, 0.25) is 0 Å². The molecule has 1 aromatic carbocycles. The van der Waals surface area contributed by atoms with Crippen molar-refractivity contribution in [3.05, 3.63) is 54.0 Å². The highest BCUT2D eigenvalue weighted by Crippen LogP contribution is 2.37. The Kier molecular flexibility index (Phi) is 5.76. The van der Waals surface area contributed by atoms with Gasteiger partial charge in [0.2, 0.25) is 22.9 Å². The summed E-state index contributed by atoms with van der Waals surface area (Å²) in [6, 6.07) is 8.56. The van der Waals surface area contributed by atoms with Crippen LogP contribution in [0.1, 0.15) is 18.3 Å². The minimum atomic E-state index is -5.11. The zero-order valence-corrected chi connectivity index (χ0v) is 18.4. The molecule has 0 aliphatic rings. The van der Waals surface area contributed by atoms with Crippen LogP contribution in [-0.4, -0.2) is 54.6 Å². The molecule has 14 heteroatoms. The van der Waals surface area contributed by atoms with Crippen LogP contribution in [0.25, 0.3) is 22.3 Å². The number of nitrogen functional groups attached to an aromatic ring is 1. The van der Waals surface area contributed by atoms with E-state index in [4.69, 9.17) is 10.5 Å². The smallest absolute Gasteiger partial charge is 0.494 e. The molecule has 182 valence electrons. The number of nitrogens with two attached hydrogens (primary N) is 1. The van der Waals surface area contributed by atoms with Crippen LogP contribution in [0.4, 0.5) is 23.9 Å². The van der Waals surface area contributed by atoms with E-state index in [1.165, 1.54) is 30.1 Å². The molecular weight excluding hydrogens is 471 g/mol. The second-order valence-corrected chi connectivity index (χ2v) is 7.68. The fourth-order valence-electron chi connectivity index (χ4n) is 3.58. The van der Waals surface area contributed by atoms with Gasteiger partial charge in [0.15, 0.2) is 0 Å². The van der Waals surface area contributed by atoms with Gasteiger partial charge >= 0.3 is 12.3 Å². The molecule has 1 atom stereocenters. The van der Waals surface area contributed by atoms with E-state index >= 15 is 0 Å². The van der Waals surface area contributed by atoms with Gasteiger partial charge in [-0.3, -0.25) is 0 Å². The Balaban J connectivity index is 1.77. The predicted octanol–water partition coefficient (Wildman–Crippen LogP) is 2.11. The van der Waals surface area contributed by atoms with Crippen LogP contribution >= 0.6 is 0 Å². The van der Waals surface area contributed by atoms with Gasteiger partial charge in [-0.2, -0.15) is 18.0 Å². The summed E-state index contributed by atoms with van der Waals surface area (Å²) in [7, 11) is 1.48. The van der Waals surface area contributed by atoms with E-state index in [1.54, 1.807) is 18.2 Å². The van der Waals surface area contributed by atoms with Gasteiger partial charge in [0.1, 0.15) is 29.2 Å². The number of aliphatic hydroxyl groups is 1. The van der Waals surface area contributed by atoms with Crippen LogP contribution in [0.15, 0.2) is 42.6 Å². The van der Waals surface area contributed by atoms with E-state index in [9.17, 15) is 28.2 Å². The quantitative estimate of drug-likeness (QED) is 0.357. The molecule has 0 bridgehead atoms. The normalized spacial score (nSPS) is 13.5. The summed E-state index contributed by atoms with van der Waals surface area (Å²) >= 11 is 0. The van der Waals surface area contributed by atoms with Gasteiger partial charge in [-0.25, -0.2) is 14.6 Å². The second-order valence-electron chi connectivity index (χ2n) is 7.68. The Morgan fingerprint density at radius 1 is 1.20 bits per heavy atom. The average molecular weight is 490 g/mol. The van der Waals surface area contributed by atoms with Crippen molar-refractivity contribution >= 4 is 22.9 Å². The molecule has 0 aliphatic heterocycles. The zero-order chi connectivity index (χ0) is 25.5. The van der Waals surface area contributed by atoms with Gasteiger partial charge in [-0.05, 0) is 19.1 Å². The molecule has 3 heterocycles. The van der Waals surface area contributed by atoms with Crippen molar-refractivity contribution in [2.75, 3.05) is 12.8 Å². The first kappa shape index (κ1) is 23.8.